The van der Waals surface area contributed by atoms with E-state index >= 15 is 0 Å². The van der Waals surface area contributed by atoms with E-state index in [4.69, 9.17) is 5.73 Å². The molecule has 0 spiro atoms. The summed E-state index contributed by atoms with van der Waals surface area (Å²) in [4.78, 5) is 11.5. The van der Waals surface area contributed by atoms with Crippen LogP contribution in [0.2, 0.25) is 0 Å². The molecule has 1 rings (SSSR count). The molecular weight excluding hydrogens is 444 g/mol. The molecule has 0 aromatic heterocycles. The third-order valence-electron chi connectivity index (χ3n) is 3.27. The van der Waals surface area contributed by atoms with Crippen molar-refractivity contribution in [2.75, 3.05) is 0 Å². The minimum Gasteiger partial charge on any atom is -0.366 e. The Morgan fingerprint density at radius 2 is 0.914 bits per heavy atom. The van der Waals surface area contributed by atoms with Gasteiger partial charge in [-0.1, -0.05) is 103 Å². The first-order chi connectivity index (χ1) is 17.3. The van der Waals surface area contributed by atoms with E-state index in [9.17, 15) is 4.79 Å². The maximum absolute atomic E-state index is 11.5. The minimum atomic E-state index is -0.624. The number of nitrogens with two attached hydrogens (primary N) is 1. The van der Waals surface area contributed by atoms with Crippen molar-refractivity contribution in [1.29, 1.82) is 0 Å². The molecule has 0 fully saturated rings. The number of rotatable bonds is 1. The van der Waals surface area contributed by atoms with Crippen molar-refractivity contribution < 1.29 is 4.79 Å². The lowest BCUT2D eigenvalue weighted by Gasteiger charge is -1.91. The maximum atomic E-state index is 11.5. The van der Waals surface area contributed by atoms with Gasteiger partial charge in [-0.15, -0.1) is 10.2 Å². The molecule has 35 heavy (non-hydrogen) atoms. The lowest BCUT2D eigenvalue weighted by atomic mass is 10.2. The van der Waals surface area contributed by atoms with Crippen molar-refractivity contribution in [3.63, 3.8) is 0 Å². The van der Waals surface area contributed by atoms with Gasteiger partial charge in [0.2, 0.25) is 5.91 Å². The zero-order valence-electron chi connectivity index (χ0n) is 18.7. The largest absolute Gasteiger partial charge is 0.366 e. The van der Waals surface area contributed by atoms with Gasteiger partial charge >= 0.3 is 0 Å². The second-order valence-electron chi connectivity index (χ2n) is 5.77. The number of allylic oxidation sites excluding steroid dienone is 19. The van der Waals surface area contributed by atoms with Gasteiger partial charge < -0.3 is 5.73 Å². The molecule has 1 amide bonds. The average molecular weight is 469 g/mol. The topological polar surface area (TPSA) is 154 Å². The molecule has 0 saturated carbocycles. The highest BCUT2D eigenvalue weighted by Gasteiger charge is 1.97. The van der Waals surface area contributed by atoms with Gasteiger partial charge in [0, 0.05) is 5.57 Å². The molecule has 11 heteroatoms. The van der Waals surface area contributed by atoms with Crippen LogP contribution in [0.25, 0.3) is 0 Å². The van der Waals surface area contributed by atoms with Crippen molar-refractivity contribution in [1.82, 2.24) is 0 Å². The molecule has 0 unspecified atom stereocenters. The number of carbonyl (C=O) groups excluding carboxylic acids is 1. The zero-order chi connectivity index (χ0) is 25.1. The molecule has 0 saturated heterocycles. The predicted molar refractivity (Wildman–Crippen MR) is 137 cm³/mol. The van der Waals surface area contributed by atoms with Gasteiger partial charge in [0.05, 0.1) is 12.4 Å². The van der Waals surface area contributed by atoms with E-state index in [-0.39, 0.29) is 5.57 Å². The third kappa shape index (κ3) is 19.1. The standard InChI is InChI=1S/C24H24N10O/c25-24(35)23-19-17-15-13-11-9-7-5-3-1-2-4-6-8-10-12-14-16-18-21-26-28-30-32-34-33-31-29-27-22-20-23/h1-22H,(H2,25,35). The van der Waals surface area contributed by atoms with Gasteiger partial charge in [-0.05, 0) is 54.8 Å². The number of primary amides is 1. The highest BCUT2D eigenvalue weighted by molar-refractivity contribution is 5.98. The molecule has 11 nitrogen and oxygen atoms in total. The van der Waals surface area contributed by atoms with E-state index in [0.29, 0.717) is 0 Å². The normalized spacial score (nSPS) is 15.8. The van der Waals surface area contributed by atoms with E-state index in [1.807, 2.05) is 85.1 Å². The summed E-state index contributed by atoms with van der Waals surface area (Å²) in [7, 11) is 0. The van der Waals surface area contributed by atoms with Crippen LogP contribution in [0.5, 0.6) is 0 Å². The Morgan fingerprint density at radius 3 is 1.40 bits per heavy atom. The van der Waals surface area contributed by atoms with Gasteiger partial charge in [0.15, 0.2) is 0 Å². The van der Waals surface area contributed by atoms with Crippen LogP contribution in [-0.4, -0.2) is 12.1 Å². The molecule has 0 aromatic rings. The smallest absolute Gasteiger partial charge is 0.248 e. The van der Waals surface area contributed by atoms with E-state index in [0.717, 1.165) is 0 Å². The lowest BCUT2D eigenvalue weighted by Crippen LogP contribution is -2.12. The fourth-order valence-corrected chi connectivity index (χ4v) is 1.80. The molecule has 0 radical (unpaired) electrons. The number of amides is 1. The Morgan fingerprint density at radius 1 is 0.514 bits per heavy atom. The Kier molecular flexibility index (Phi) is 17.3. The summed E-state index contributed by atoms with van der Waals surface area (Å²) in [5.74, 6) is -0.624. The van der Waals surface area contributed by atoms with E-state index in [2.05, 4.69) is 46.8 Å². The van der Waals surface area contributed by atoms with Crippen LogP contribution >= 0.6 is 0 Å². The van der Waals surface area contributed by atoms with Gasteiger partial charge in [-0.25, -0.2) is 0 Å². The lowest BCUT2D eigenvalue weighted by molar-refractivity contribution is -0.114. The highest BCUT2D eigenvalue weighted by atomic mass is 16.1. The summed E-state index contributed by atoms with van der Waals surface area (Å²) in [6.07, 6.45) is 38.8. The van der Waals surface area contributed by atoms with Crippen LogP contribution in [0, 0.1) is 0 Å². The fourth-order valence-electron chi connectivity index (χ4n) is 1.80. The first-order valence-corrected chi connectivity index (χ1v) is 10.1. The Hall–Kier alpha value is -5.32. The fraction of sp³-hybridized carbons (Fsp3) is 0. The van der Waals surface area contributed by atoms with E-state index in [1.54, 1.807) is 24.3 Å². The molecule has 0 atom stereocenters. The van der Waals surface area contributed by atoms with E-state index in [1.165, 1.54) is 24.6 Å². The van der Waals surface area contributed by atoms with Crippen molar-refractivity contribution in [3.05, 3.63) is 133 Å². The quantitative estimate of drug-likeness (QED) is 0.460. The van der Waals surface area contributed by atoms with Crippen molar-refractivity contribution in [2.24, 2.45) is 52.5 Å². The predicted octanol–water partition coefficient (Wildman–Crippen LogP) is 6.47. The minimum absolute atomic E-state index is 0.220. The second-order valence-corrected chi connectivity index (χ2v) is 5.77. The van der Waals surface area contributed by atoms with Crippen LogP contribution in [0.1, 0.15) is 0 Å². The molecule has 0 bridgehead atoms. The number of hydrogen-bond acceptors (Lipinski definition) is 10. The summed E-state index contributed by atoms with van der Waals surface area (Å²) >= 11 is 0. The summed E-state index contributed by atoms with van der Waals surface area (Å²) in [6, 6.07) is 0. The Labute approximate surface area is 203 Å². The first kappa shape index (κ1) is 27.7. The van der Waals surface area contributed by atoms with Gasteiger partial charge in [-0.3, -0.25) is 4.79 Å². The number of carbonyl (C=O) groups is 1. The molecule has 176 valence electrons. The summed E-state index contributed by atoms with van der Waals surface area (Å²) in [6.45, 7) is 0. The summed E-state index contributed by atoms with van der Waals surface area (Å²) < 4.78 is 0. The van der Waals surface area contributed by atoms with Gasteiger partial charge in [0.25, 0.3) is 0 Å². The highest BCUT2D eigenvalue weighted by Crippen LogP contribution is 1.96. The number of nitrogens with zero attached hydrogens (tertiary/aromatic N) is 9. The zero-order valence-corrected chi connectivity index (χ0v) is 18.7. The SMILES string of the molecule is NC(=O)C1=CC=NN=NN=NN=NN=NC=CC=CC=CC=CC=CC=CC=CC=CC=CC=C1. The van der Waals surface area contributed by atoms with Crippen LogP contribution in [0.15, 0.2) is 180 Å². The molecular formula is C24H24N10O. The van der Waals surface area contributed by atoms with Crippen molar-refractivity contribution in [3.8, 4) is 0 Å². The second kappa shape index (κ2) is 21.9. The van der Waals surface area contributed by atoms with Crippen molar-refractivity contribution >= 4 is 12.1 Å². The first-order valence-electron chi connectivity index (χ1n) is 10.1. The molecule has 1 heterocycles. The van der Waals surface area contributed by atoms with Gasteiger partial charge in [0.1, 0.15) is 0 Å². The van der Waals surface area contributed by atoms with Crippen molar-refractivity contribution in [2.45, 2.75) is 0 Å². The molecule has 1 aliphatic heterocycles. The molecule has 1 aliphatic rings. The van der Waals surface area contributed by atoms with Crippen LogP contribution in [0.4, 0.5) is 0 Å². The van der Waals surface area contributed by atoms with Crippen LogP contribution < -0.4 is 5.73 Å². The third-order valence-corrected chi connectivity index (χ3v) is 3.27. The molecule has 2 N–H and O–H groups in total. The monoisotopic (exact) mass is 468 g/mol. The Bertz CT molecular complexity index is 1120. The molecule has 0 aliphatic carbocycles. The van der Waals surface area contributed by atoms with Crippen LogP contribution in [0.3, 0.4) is 0 Å². The van der Waals surface area contributed by atoms with E-state index < -0.39 is 5.91 Å². The number of hydrogen-bond donors (Lipinski definition) is 1. The van der Waals surface area contributed by atoms with Gasteiger partial charge in [-0.2, -0.15) is 0 Å². The maximum Gasteiger partial charge on any atom is 0.248 e. The average Bonchev–Trinajstić information content (AvgIpc) is 2.85. The van der Waals surface area contributed by atoms with Crippen LogP contribution in [-0.2, 0) is 4.79 Å². The Balaban J connectivity index is 2.85. The molecule has 0 aromatic carbocycles. The summed E-state index contributed by atoms with van der Waals surface area (Å²) in [5.41, 5.74) is 5.54. The summed E-state index contributed by atoms with van der Waals surface area (Å²) in [5, 5.41) is 30.1.